The molecule has 0 aliphatic rings. The summed E-state index contributed by atoms with van der Waals surface area (Å²) in [6, 6.07) is 19.1. The summed E-state index contributed by atoms with van der Waals surface area (Å²) in [6.07, 6.45) is 3.08. The highest BCUT2D eigenvalue weighted by Gasteiger charge is 1.99. The summed E-state index contributed by atoms with van der Waals surface area (Å²) < 4.78 is 0. The van der Waals surface area contributed by atoms with E-state index in [0.717, 1.165) is 25.5 Å². The second-order valence-corrected chi connectivity index (χ2v) is 5.82. The Morgan fingerprint density at radius 3 is 2.32 bits per heavy atom. The van der Waals surface area contributed by atoms with Gasteiger partial charge in [-0.2, -0.15) is 0 Å². The number of hydrogen-bond donors (Lipinski definition) is 2. The van der Waals surface area contributed by atoms with Gasteiger partial charge >= 0.3 is 0 Å². The van der Waals surface area contributed by atoms with Crippen LogP contribution in [0.1, 0.15) is 11.1 Å². The molecule has 4 heteroatoms. The molecule has 0 radical (unpaired) electrons. The molecule has 0 atom stereocenters. The first kappa shape index (κ1) is 16.4. The van der Waals surface area contributed by atoms with E-state index in [1.807, 2.05) is 6.07 Å². The summed E-state index contributed by atoms with van der Waals surface area (Å²) in [5.41, 5.74) is 2.59. The average molecular weight is 313 g/mol. The molecule has 0 amide bonds. The number of benzene rings is 2. The van der Waals surface area contributed by atoms with Crippen LogP contribution in [0, 0.1) is 0 Å². The van der Waals surface area contributed by atoms with Crippen LogP contribution in [0.2, 0.25) is 0 Å². The second kappa shape index (κ2) is 9.15. The van der Waals surface area contributed by atoms with Gasteiger partial charge in [0.15, 0.2) is 5.96 Å². The molecule has 0 saturated heterocycles. The number of nitrogens with one attached hydrogen (secondary N) is 2. The van der Waals surface area contributed by atoms with Crippen molar-refractivity contribution in [1.29, 1.82) is 0 Å². The Hall–Kier alpha value is -1.94. The van der Waals surface area contributed by atoms with E-state index in [1.165, 1.54) is 16.0 Å². The van der Waals surface area contributed by atoms with Crippen molar-refractivity contribution in [3.8, 4) is 0 Å². The van der Waals surface area contributed by atoms with Crippen LogP contribution < -0.4 is 10.6 Å². The number of rotatable bonds is 6. The van der Waals surface area contributed by atoms with E-state index >= 15 is 0 Å². The number of hydrogen-bond acceptors (Lipinski definition) is 2. The molecule has 116 valence electrons. The maximum Gasteiger partial charge on any atom is 0.191 e. The number of aliphatic imine (C=N–C) groups is 1. The van der Waals surface area contributed by atoms with Gasteiger partial charge in [-0.25, -0.2) is 0 Å². The predicted molar refractivity (Wildman–Crippen MR) is 96.6 cm³/mol. The average Bonchev–Trinajstić information content (AvgIpc) is 2.59. The van der Waals surface area contributed by atoms with Crippen molar-refractivity contribution in [3.05, 3.63) is 65.7 Å². The van der Waals surface area contributed by atoms with Crippen LogP contribution in [0.15, 0.2) is 64.5 Å². The van der Waals surface area contributed by atoms with Gasteiger partial charge in [0, 0.05) is 25.0 Å². The molecule has 2 aromatic rings. The summed E-state index contributed by atoms with van der Waals surface area (Å²) >= 11 is 1.76. The lowest BCUT2D eigenvalue weighted by Gasteiger charge is -2.12. The minimum absolute atomic E-state index is 0.777. The van der Waals surface area contributed by atoms with Crippen molar-refractivity contribution in [2.45, 2.75) is 17.9 Å². The van der Waals surface area contributed by atoms with E-state index < -0.39 is 0 Å². The zero-order chi connectivity index (χ0) is 15.6. The minimum atomic E-state index is 0.777. The lowest BCUT2D eigenvalue weighted by molar-refractivity contribution is 0.794. The number of nitrogens with zero attached hydrogens (tertiary/aromatic N) is 1. The van der Waals surface area contributed by atoms with Gasteiger partial charge < -0.3 is 10.6 Å². The fourth-order valence-electron chi connectivity index (χ4n) is 2.12. The SMILES string of the molecule is CN=C(NCCc1ccccc1)NCc1ccc(SC)cc1. The van der Waals surface area contributed by atoms with E-state index in [9.17, 15) is 0 Å². The lowest BCUT2D eigenvalue weighted by atomic mass is 10.1. The third-order valence-electron chi connectivity index (χ3n) is 3.39. The van der Waals surface area contributed by atoms with Crippen LogP contribution in [0.3, 0.4) is 0 Å². The highest BCUT2D eigenvalue weighted by atomic mass is 32.2. The first-order valence-electron chi connectivity index (χ1n) is 7.43. The molecular formula is C18H23N3S. The fraction of sp³-hybridized carbons (Fsp3) is 0.278. The normalized spacial score (nSPS) is 11.3. The standard InChI is InChI=1S/C18H23N3S/c1-19-18(20-13-12-15-6-4-3-5-7-15)21-14-16-8-10-17(22-2)11-9-16/h3-11H,12-14H2,1-2H3,(H2,19,20,21). The first-order chi connectivity index (χ1) is 10.8. The van der Waals surface area contributed by atoms with E-state index in [2.05, 4.69) is 70.4 Å². The molecule has 2 N–H and O–H groups in total. The van der Waals surface area contributed by atoms with Crippen molar-refractivity contribution in [2.75, 3.05) is 19.8 Å². The maximum atomic E-state index is 4.26. The quantitative estimate of drug-likeness (QED) is 0.488. The Morgan fingerprint density at radius 1 is 0.955 bits per heavy atom. The summed E-state index contributed by atoms with van der Waals surface area (Å²) in [6.45, 7) is 1.65. The van der Waals surface area contributed by atoms with E-state index in [0.29, 0.717) is 0 Å². The predicted octanol–water partition coefficient (Wildman–Crippen LogP) is 3.32. The molecular weight excluding hydrogens is 290 g/mol. The third-order valence-corrected chi connectivity index (χ3v) is 4.14. The Balaban J connectivity index is 1.75. The summed E-state index contributed by atoms with van der Waals surface area (Å²) in [5.74, 6) is 0.838. The van der Waals surface area contributed by atoms with E-state index in [1.54, 1.807) is 18.8 Å². The molecule has 0 aliphatic carbocycles. The zero-order valence-corrected chi connectivity index (χ0v) is 14.0. The van der Waals surface area contributed by atoms with Gasteiger partial charge in [-0.15, -0.1) is 11.8 Å². The van der Waals surface area contributed by atoms with Gasteiger partial charge in [0.05, 0.1) is 0 Å². The second-order valence-electron chi connectivity index (χ2n) is 4.94. The summed E-state index contributed by atoms with van der Waals surface area (Å²) in [4.78, 5) is 5.54. The highest BCUT2D eigenvalue weighted by molar-refractivity contribution is 7.98. The Kier molecular flexibility index (Phi) is 6.84. The van der Waals surface area contributed by atoms with Crippen molar-refractivity contribution in [3.63, 3.8) is 0 Å². The lowest BCUT2D eigenvalue weighted by Crippen LogP contribution is -2.37. The first-order valence-corrected chi connectivity index (χ1v) is 8.65. The van der Waals surface area contributed by atoms with E-state index in [-0.39, 0.29) is 0 Å². The minimum Gasteiger partial charge on any atom is -0.356 e. The fourth-order valence-corrected chi connectivity index (χ4v) is 2.53. The van der Waals surface area contributed by atoms with Crippen LogP contribution in [0.5, 0.6) is 0 Å². The highest BCUT2D eigenvalue weighted by Crippen LogP contribution is 2.14. The van der Waals surface area contributed by atoms with Crippen molar-refractivity contribution >= 4 is 17.7 Å². The molecule has 0 heterocycles. The van der Waals surface area contributed by atoms with Gasteiger partial charge in [-0.1, -0.05) is 42.5 Å². The maximum absolute atomic E-state index is 4.26. The third kappa shape index (κ3) is 5.45. The van der Waals surface area contributed by atoms with Crippen LogP contribution in [-0.4, -0.2) is 25.8 Å². The van der Waals surface area contributed by atoms with Crippen molar-refractivity contribution in [1.82, 2.24) is 10.6 Å². The monoisotopic (exact) mass is 313 g/mol. The number of thioether (sulfide) groups is 1. The molecule has 0 aliphatic heterocycles. The molecule has 0 bridgehead atoms. The summed E-state index contributed by atoms with van der Waals surface area (Å²) in [7, 11) is 1.80. The molecule has 0 aromatic heterocycles. The van der Waals surface area contributed by atoms with Crippen molar-refractivity contribution < 1.29 is 0 Å². The molecule has 22 heavy (non-hydrogen) atoms. The largest absolute Gasteiger partial charge is 0.356 e. The topological polar surface area (TPSA) is 36.4 Å². The van der Waals surface area contributed by atoms with Gasteiger partial charge in [-0.05, 0) is 35.9 Å². The Labute approximate surface area is 137 Å². The molecule has 2 rings (SSSR count). The molecule has 0 fully saturated rings. The van der Waals surface area contributed by atoms with Gasteiger partial charge in [-0.3, -0.25) is 4.99 Å². The van der Waals surface area contributed by atoms with Gasteiger partial charge in [0.25, 0.3) is 0 Å². The van der Waals surface area contributed by atoms with Crippen LogP contribution in [0.4, 0.5) is 0 Å². The summed E-state index contributed by atoms with van der Waals surface area (Å²) in [5, 5.41) is 6.69. The molecule has 0 spiro atoms. The van der Waals surface area contributed by atoms with Gasteiger partial charge in [0.2, 0.25) is 0 Å². The molecule has 0 unspecified atom stereocenters. The Morgan fingerprint density at radius 2 is 1.68 bits per heavy atom. The van der Waals surface area contributed by atoms with Crippen LogP contribution in [-0.2, 0) is 13.0 Å². The van der Waals surface area contributed by atoms with Gasteiger partial charge in [0.1, 0.15) is 0 Å². The smallest absolute Gasteiger partial charge is 0.191 e. The molecule has 0 saturated carbocycles. The Bertz CT molecular complexity index is 579. The van der Waals surface area contributed by atoms with Crippen LogP contribution in [0.25, 0.3) is 0 Å². The van der Waals surface area contributed by atoms with Crippen LogP contribution >= 0.6 is 11.8 Å². The van der Waals surface area contributed by atoms with Crippen molar-refractivity contribution in [2.24, 2.45) is 4.99 Å². The number of guanidine groups is 1. The van der Waals surface area contributed by atoms with E-state index in [4.69, 9.17) is 0 Å². The molecule has 2 aromatic carbocycles. The molecule has 3 nitrogen and oxygen atoms in total. The zero-order valence-electron chi connectivity index (χ0n) is 13.2.